The van der Waals surface area contributed by atoms with Gasteiger partial charge < -0.3 is 9.84 Å². The summed E-state index contributed by atoms with van der Waals surface area (Å²) in [5.74, 6) is -1.65. The second-order valence-electron chi connectivity index (χ2n) is 8.24. The Labute approximate surface area is 216 Å². The van der Waals surface area contributed by atoms with Crippen molar-refractivity contribution in [2.75, 3.05) is 6.61 Å². The number of nitrogens with zero attached hydrogens (tertiary/aromatic N) is 5. The quantitative estimate of drug-likeness (QED) is 0.134. The van der Waals surface area contributed by atoms with Crippen LogP contribution in [-0.4, -0.2) is 33.0 Å². The molecule has 0 aliphatic rings. The van der Waals surface area contributed by atoms with E-state index in [0.29, 0.717) is 11.1 Å². The van der Waals surface area contributed by atoms with Gasteiger partial charge in [-0.05, 0) is 31.9 Å². The van der Waals surface area contributed by atoms with E-state index in [2.05, 4.69) is 10.2 Å². The van der Waals surface area contributed by atoms with Gasteiger partial charge in [-0.15, -0.1) is 10.2 Å². The highest BCUT2D eigenvalue weighted by molar-refractivity contribution is 5.97. The number of benzene rings is 2. The molecule has 1 aromatic heterocycles. The summed E-state index contributed by atoms with van der Waals surface area (Å²) in [6.45, 7) is 2.46. The van der Waals surface area contributed by atoms with Crippen LogP contribution in [0.5, 0.6) is 5.88 Å². The number of rotatable bonds is 10. The Balaban J connectivity index is 1.77. The predicted octanol–water partition coefficient (Wildman–Crippen LogP) is 4.57. The third kappa shape index (κ3) is 6.33. The first-order valence-electron chi connectivity index (χ1n) is 11.4. The monoisotopic (exact) mass is 517 g/mol. The number of aromatic nitrogens is 1. The fourth-order valence-electron chi connectivity index (χ4n) is 3.54. The number of hydrogen-bond acceptors (Lipinski definition) is 10. The van der Waals surface area contributed by atoms with Crippen molar-refractivity contribution in [1.82, 2.24) is 4.57 Å². The summed E-state index contributed by atoms with van der Waals surface area (Å²) < 4.78 is 5.86. The van der Waals surface area contributed by atoms with Crippen LogP contribution in [0.25, 0.3) is 0 Å². The minimum absolute atomic E-state index is 0.0414. The van der Waals surface area contributed by atoms with Gasteiger partial charge in [0.1, 0.15) is 11.6 Å². The molecular weight excluding hydrogens is 494 g/mol. The van der Waals surface area contributed by atoms with E-state index in [1.165, 1.54) is 19.1 Å². The number of hydrogen-bond donors (Lipinski definition) is 1. The van der Waals surface area contributed by atoms with Gasteiger partial charge in [-0.25, -0.2) is 0 Å². The molecule has 12 nitrogen and oxygen atoms in total. The molecule has 0 aliphatic heterocycles. The van der Waals surface area contributed by atoms with Gasteiger partial charge in [0.15, 0.2) is 23.8 Å². The molecule has 194 valence electrons. The van der Waals surface area contributed by atoms with Crippen LogP contribution in [0.2, 0.25) is 0 Å². The van der Waals surface area contributed by atoms with Crippen molar-refractivity contribution < 1.29 is 24.4 Å². The van der Waals surface area contributed by atoms with E-state index in [-0.39, 0.29) is 53.4 Å². The molecule has 0 saturated heterocycles. The summed E-state index contributed by atoms with van der Waals surface area (Å²) >= 11 is 0. The van der Waals surface area contributed by atoms with Crippen molar-refractivity contribution in [2.45, 2.75) is 33.2 Å². The number of carbonyl (C=O) groups is 2. The van der Waals surface area contributed by atoms with Gasteiger partial charge in [-0.3, -0.25) is 29.1 Å². The van der Waals surface area contributed by atoms with E-state index in [9.17, 15) is 34.9 Å². The van der Waals surface area contributed by atoms with E-state index >= 15 is 0 Å². The van der Waals surface area contributed by atoms with Gasteiger partial charge in [0.05, 0.1) is 4.92 Å². The molecule has 1 N–H and O–H groups in total. The largest absolute Gasteiger partial charge is 0.493 e. The first-order valence-corrected chi connectivity index (χ1v) is 11.4. The van der Waals surface area contributed by atoms with Gasteiger partial charge >= 0.3 is 5.97 Å². The number of pyridine rings is 1. The van der Waals surface area contributed by atoms with E-state index < -0.39 is 28.9 Å². The van der Waals surface area contributed by atoms with Gasteiger partial charge in [0.2, 0.25) is 5.88 Å². The lowest BCUT2D eigenvalue weighted by atomic mass is 10.1. The summed E-state index contributed by atoms with van der Waals surface area (Å²) in [5, 5.41) is 39.1. The third-order valence-corrected chi connectivity index (χ3v) is 5.58. The van der Waals surface area contributed by atoms with Crippen LogP contribution in [0.4, 0.5) is 17.1 Å². The zero-order valence-corrected chi connectivity index (χ0v) is 20.6. The molecule has 2 aromatic carbocycles. The van der Waals surface area contributed by atoms with Gasteiger partial charge in [0.25, 0.3) is 11.2 Å². The maximum Gasteiger partial charge on any atom is 0.306 e. The Kier molecular flexibility index (Phi) is 8.78. The van der Waals surface area contributed by atoms with Crippen LogP contribution in [0, 0.1) is 35.3 Å². The van der Waals surface area contributed by atoms with Crippen LogP contribution >= 0.6 is 0 Å². The number of ether oxygens (including phenoxy) is 1. The number of ketones is 1. The molecule has 1 heterocycles. The number of carbonyl (C=O) groups excluding carboxylic acids is 2. The third-order valence-electron chi connectivity index (χ3n) is 5.58. The first-order chi connectivity index (χ1) is 18.1. The maximum atomic E-state index is 13.1. The Morgan fingerprint density at radius 2 is 1.87 bits per heavy atom. The molecule has 0 atom stereocenters. The highest BCUT2D eigenvalue weighted by Gasteiger charge is 2.20. The fraction of sp³-hybridized carbons (Fsp3) is 0.231. The minimum Gasteiger partial charge on any atom is -0.493 e. The highest BCUT2D eigenvalue weighted by Crippen LogP contribution is 2.31. The second-order valence-corrected chi connectivity index (χ2v) is 8.24. The number of nitro benzene ring substituents is 1. The highest BCUT2D eigenvalue weighted by atomic mass is 16.6. The van der Waals surface area contributed by atoms with Crippen LogP contribution in [-0.2, 0) is 16.1 Å². The number of esters is 1. The minimum atomic E-state index is -0.801. The van der Waals surface area contributed by atoms with Crippen molar-refractivity contribution in [3.8, 4) is 11.9 Å². The van der Waals surface area contributed by atoms with E-state index in [4.69, 9.17) is 4.74 Å². The molecule has 0 fully saturated rings. The lowest BCUT2D eigenvalue weighted by Gasteiger charge is -2.13. The number of nitro groups is 1. The predicted molar refractivity (Wildman–Crippen MR) is 135 cm³/mol. The maximum absolute atomic E-state index is 13.1. The molecule has 0 spiro atoms. The van der Waals surface area contributed by atoms with Gasteiger partial charge in [0, 0.05) is 30.2 Å². The smallest absolute Gasteiger partial charge is 0.306 e. The Morgan fingerprint density at radius 1 is 1.16 bits per heavy atom. The molecule has 0 unspecified atom stereocenters. The zero-order valence-electron chi connectivity index (χ0n) is 20.6. The lowest BCUT2D eigenvalue weighted by molar-refractivity contribution is -0.384. The SMILES string of the molecule is Cc1ccc(N=Nc2c(C)c(C#N)c(O)n(CCCC(=O)OCC(=O)c3ccccc3)c2=O)c([N+](=O)[O-])c1. The Hall–Kier alpha value is -5.18. The molecule has 0 amide bonds. The normalized spacial score (nSPS) is 10.8. The number of aryl methyl sites for hydroxylation is 1. The lowest BCUT2D eigenvalue weighted by Crippen LogP contribution is -2.22. The summed E-state index contributed by atoms with van der Waals surface area (Å²) in [5.41, 5.74) is -0.640. The van der Waals surface area contributed by atoms with Gasteiger partial charge in [-0.2, -0.15) is 5.26 Å². The number of azo groups is 1. The van der Waals surface area contributed by atoms with Crippen LogP contribution < -0.4 is 5.56 Å². The average Bonchev–Trinajstić information content (AvgIpc) is 2.90. The fourth-order valence-corrected chi connectivity index (χ4v) is 3.54. The van der Waals surface area contributed by atoms with Crippen molar-refractivity contribution in [2.24, 2.45) is 10.2 Å². The summed E-state index contributed by atoms with van der Waals surface area (Å²) in [4.78, 5) is 47.9. The standard InChI is InChI=1S/C26H23N5O7/c1-16-10-11-20(21(13-16)31(36)37)28-29-24-17(2)19(14-27)25(34)30(26(24)35)12-6-9-23(33)38-15-22(32)18-7-4-3-5-8-18/h3-5,7-8,10-11,13,34H,6,9,12,15H2,1-2H3. The van der Waals surface area contributed by atoms with E-state index in [1.807, 2.05) is 0 Å². The molecule has 0 bridgehead atoms. The van der Waals surface area contributed by atoms with Crippen molar-refractivity contribution in [3.05, 3.63) is 91.3 Å². The second kappa shape index (κ2) is 12.2. The molecular formula is C26H23N5O7. The average molecular weight is 517 g/mol. The topological polar surface area (TPSA) is 177 Å². The first kappa shape index (κ1) is 27.4. The molecule has 38 heavy (non-hydrogen) atoms. The molecule has 3 rings (SSSR count). The van der Waals surface area contributed by atoms with E-state index in [1.54, 1.807) is 49.4 Å². The molecule has 0 saturated carbocycles. The van der Waals surface area contributed by atoms with Gasteiger partial charge in [-0.1, -0.05) is 36.4 Å². The number of Topliss-reactive ketones (excluding diaryl/α,β-unsaturated/α-hetero) is 1. The Morgan fingerprint density at radius 3 is 2.53 bits per heavy atom. The van der Waals surface area contributed by atoms with Crippen molar-refractivity contribution in [1.29, 1.82) is 5.26 Å². The molecule has 0 radical (unpaired) electrons. The van der Waals surface area contributed by atoms with Crippen LogP contribution in [0.15, 0.2) is 63.6 Å². The zero-order chi connectivity index (χ0) is 27.8. The summed E-state index contributed by atoms with van der Waals surface area (Å²) in [6, 6.07) is 14.4. The number of nitriles is 1. The number of aromatic hydroxyl groups is 1. The molecule has 12 heteroatoms. The summed E-state index contributed by atoms with van der Waals surface area (Å²) in [7, 11) is 0. The van der Waals surface area contributed by atoms with E-state index in [0.717, 1.165) is 4.57 Å². The molecule has 0 aliphatic carbocycles. The van der Waals surface area contributed by atoms with Crippen molar-refractivity contribution >= 4 is 28.8 Å². The molecule has 3 aromatic rings. The summed E-state index contributed by atoms with van der Waals surface area (Å²) in [6.07, 6.45) is -0.129. The van der Waals surface area contributed by atoms with Crippen LogP contribution in [0.3, 0.4) is 0 Å². The van der Waals surface area contributed by atoms with Crippen molar-refractivity contribution in [3.63, 3.8) is 0 Å². The Bertz CT molecular complexity index is 1520. The van der Waals surface area contributed by atoms with Crippen LogP contribution in [0.1, 0.15) is 39.9 Å².